The van der Waals surface area contributed by atoms with Crippen LogP contribution in [0.15, 0.2) is 84.9 Å². The third-order valence-electron chi connectivity index (χ3n) is 6.93. The van der Waals surface area contributed by atoms with Gasteiger partial charge in [0.2, 0.25) is 0 Å². The largest absolute Gasteiger partial charge is 0.465 e. The van der Waals surface area contributed by atoms with Crippen LogP contribution in [-0.2, 0) is 13.1 Å². The molecular formula is C30H32N6O3. The summed E-state index contributed by atoms with van der Waals surface area (Å²) in [6.07, 6.45) is -0.968. The summed E-state index contributed by atoms with van der Waals surface area (Å²) in [6, 6.07) is 26.6. The van der Waals surface area contributed by atoms with Gasteiger partial charge in [-0.1, -0.05) is 54.6 Å². The maximum atomic E-state index is 12.8. The quantitative estimate of drug-likeness (QED) is 0.307. The number of nitrogens with one attached hydrogen (secondary N) is 2. The molecule has 3 aromatic carbocycles. The number of aromatic amines is 1. The van der Waals surface area contributed by atoms with Crippen LogP contribution in [0.1, 0.15) is 21.5 Å². The van der Waals surface area contributed by atoms with Crippen LogP contribution in [0.2, 0.25) is 0 Å². The SMILES string of the molecule is CN1CCN(c2ccc(C(=O)Nc3cc(-c4ccc(CN(Cc5ccccc5)C(=O)O)cc4)n[nH]3)cc2)CC1. The fourth-order valence-corrected chi connectivity index (χ4v) is 4.61. The van der Waals surface area contributed by atoms with Crippen LogP contribution in [0, 0.1) is 0 Å². The number of carbonyl (C=O) groups excluding carboxylic acids is 1. The van der Waals surface area contributed by atoms with Crippen molar-refractivity contribution in [2.24, 2.45) is 0 Å². The molecule has 1 aliphatic heterocycles. The van der Waals surface area contributed by atoms with Gasteiger partial charge in [-0.05, 0) is 42.4 Å². The van der Waals surface area contributed by atoms with E-state index in [2.05, 4.69) is 32.4 Å². The number of hydrogen-bond donors (Lipinski definition) is 3. The van der Waals surface area contributed by atoms with Gasteiger partial charge in [0, 0.05) is 62.1 Å². The van der Waals surface area contributed by atoms with Gasteiger partial charge in [0.25, 0.3) is 5.91 Å². The van der Waals surface area contributed by atoms with E-state index in [9.17, 15) is 14.7 Å². The lowest BCUT2D eigenvalue weighted by Gasteiger charge is -2.34. The Kier molecular flexibility index (Phi) is 7.88. The summed E-state index contributed by atoms with van der Waals surface area (Å²) in [5.74, 6) is 0.291. The molecule has 5 rings (SSSR count). The van der Waals surface area contributed by atoms with Crippen molar-refractivity contribution in [1.82, 2.24) is 20.0 Å². The highest BCUT2D eigenvalue weighted by Gasteiger charge is 2.16. The van der Waals surface area contributed by atoms with Crippen molar-refractivity contribution in [2.45, 2.75) is 13.1 Å². The van der Waals surface area contributed by atoms with Gasteiger partial charge >= 0.3 is 6.09 Å². The molecule has 3 N–H and O–H groups in total. The first-order valence-corrected chi connectivity index (χ1v) is 13.0. The number of amides is 2. The van der Waals surface area contributed by atoms with E-state index in [1.807, 2.05) is 78.9 Å². The number of anilines is 2. The fraction of sp³-hybridized carbons (Fsp3) is 0.233. The van der Waals surface area contributed by atoms with Crippen LogP contribution in [0.3, 0.4) is 0 Å². The number of carboxylic acid groups (broad SMARTS) is 1. The lowest BCUT2D eigenvalue weighted by atomic mass is 10.1. The van der Waals surface area contributed by atoms with Gasteiger partial charge in [-0.15, -0.1) is 0 Å². The van der Waals surface area contributed by atoms with Crippen molar-refractivity contribution in [3.8, 4) is 11.3 Å². The number of likely N-dealkylation sites (N-methyl/N-ethyl adjacent to an activating group) is 1. The highest BCUT2D eigenvalue weighted by atomic mass is 16.4. The van der Waals surface area contributed by atoms with Gasteiger partial charge in [-0.3, -0.25) is 14.8 Å². The highest BCUT2D eigenvalue weighted by molar-refractivity contribution is 6.04. The number of rotatable bonds is 8. The molecule has 2 heterocycles. The predicted octanol–water partition coefficient (Wildman–Crippen LogP) is 4.76. The number of nitrogens with zero attached hydrogens (tertiary/aromatic N) is 4. The molecule has 0 aliphatic carbocycles. The lowest BCUT2D eigenvalue weighted by Crippen LogP contribution is -2.44. The van der Waals surface area contributed by atoms with Gasteiger partial charge in [0.15, 0.2) is 0 Å². The molecule has 1 aliphatic rings. The first-order valence-electron chi connectivity index (χ1n) is 13.0. The normalized spacial score (nSPS) is 13.7. The summed E-state index contributed by atoms with van der Waals surface area (Å²) >= 11 is 0. The van der Waals surface area contributed by atoms with E-state index in [0.29, 0.717) is 23.6 Å². The average Bonchev–Trinajstić information content (AvgIpc) is 3.42. The topological polar surface area (TPSA) is 105 Å². The van der Waals surface area contributed by atoms with E-state index in [1.165, 1.54) is 4.90 Å². The molecule has 0 radical (unpaired) electrons. The Morgan fingerprint density at radius 3 is 2.18 bits per heavy atom. The standard InChI is InChI=1S/C30H32N6O3/c1-34-15-17-35(18-16-34)26-13-11-25(12-14-26)29(37)31-28-19-27(32-33-28)24-9-7-23(8-10-24)21-36(30(38)39)20-22-5-3-2-4-6-22/h2-14,19H,15-18,20-21H2,1H3,(H,38,39)(H2,31,32,33,37). The molecule has 0 unspecified atom stereocenters. The van der Waals surface area contributed by atoms with Crippen molar-refractivity contribution in [3.05, 3.63) is 102 Å². The first kappa shape index (κ1) is 26.0. The highest BCUT2D eigenvalue weighted by Crippen LogP contribution is 2.22. The Morgan fingerprint density at radius 2 is 1.54 bits per heavy atom. The zero-order valence-electron chi connectivity index (χ0n) is 21.9. The van der Waals surface area contributed by atoms with Crippen molar-refractivity contribution in [2.75, 3.05) is 43.4 Å². The maximum Gasteiger partial charge on any atom is 0.407 e. The molecule has 1 aromatic heterocycles. The third kappa shape index (κ3) is 6.63. The zero-order chi connectivity index (χ0) is 27.2. The lowest BCUT2D eigenvalue weighted by molar-refractivity contribution is 0.102. The molecule has 9 nitrogen and oxygen atoms in total. The van der Waals surface area contributed by atoms with Crippen molar-refractivity contribution >= 4 is 23.5 Å². The first-order chi connectivity index (χ1) is 18.9. The number of H-pyrrole nitrogens is 1. The molecular weight excluding hydrogens is 492 g/mol. The second kappa shape index (κ2) is 11.8. The van der Waals surface area contributed by atoms with Gasteiger partial charge in [0.1, 0.15) is 5.82 Å². The van der Waals surface area contributed by atoms with Crippen molar-refractivity contribution < 1.29 is 14.7 Å². The van der Waals surface area contributed by atoms with E-state index in [4.69, 9.17) is 0 Å². The zero-order valence-corrected chi connectivity index (χ0v) is 21.9. The second-order valence-electron chi connectivity index (χ2n) is 9.78. The molecule has 39 heavy (non-hydrogen) atoms. The van der Waals surface area contributed by atoms with Crippen LogP contribution in [-0.4, -0.2) is 70.3 Å². The molecule has 2 amide bonds. The minimum absolute atomic E-state index is 0.211. The number of carbonyl (C=O) groups is 2. The Balaban J connectivity index is 1.18. The summed E-state index contributed by atoms with van der Waals surface area (Å²) in [7, 11) is 2.13. The molecule has 200 valence electrons. The van der Waals surface area contributed by atoms with Crippen molar-refractivity contribution in [3.63, 3.8) is 0 Å². The number of hydrogen-bond acceptors (Lipinski definition) is 5. The van der Waals surface area contributed by atoms with Crippen LogP contribution >= 0.6 is 0 Å². The van der Waals surface area contributed by atoms with Crippen LogP contribution in [0.25, 0.3) is 11.3 Å². The Hall–Kier alpha value is -4.63. The van der Waals surface area contributed by atoms with Crippen LogP contribution in [0.5, 0.6) is 0 Å². The average molecular weight is 525 g/mol. The molecule has 0 spiro atoms. The summed E-state index contributed by atoms with van der Waals surface area (Å²) < 4.78 is 0. The molecule has 1 saturated heterocycles. The molecule has 4 aromatic rings. The molecule has 1 fully saturated rings. The Bertz CT molecular complexity index is 1390. The Morgan fingerprint density at radius 1 is 0.897 bits per heavy atom. The van der Waals surface area contributed by atoms with E-state index in [-0.39, 0.29) is 12.5 Å². The van der Waals surface area contributed by atoms with E-state index in [1.54, 1.807) is 6.07 Å². The van der Waals surface area contributed by atoms with E-state index in [0.717, 1.165) is 48.6 Å². The van der Waals surface area contributed by atoms with Crippen LogP contribution in [0.4, 0.5) is 16.3 Å². The molecule has 0 bridgehead atoms. The van der Waals surface area contributed by atoms with Crippen molar-refractivity contribution in [1.29, 1.82) is 0 Å². The fourth-order valence-electron chi connectivity index (χ4n) is 4.61. The summed E-state index contributed by atoms with van der Waals surface area (Å²) in [5.41, 5.74) is 5.05. The number of aromatic nitrogens is 2. The summed E-state index contributed by atoms with van der Waals surface area (Å²) in [5, 5.41) is 19.7. The predicted molar refractivity (Wildman–Crippen MR) is 152 cm³/mol. The van der Waals surface area contributed by atoms with E-state index < -0.39 is 6.09 Å². The third-order valence-corrected chi connectivity index (χ3v) is 6.93. The number of benzene rings is 3. The van der Waals surface area contributed by atoms with Gasteiger partial charge in [0.05, 0.1) is 5.69 Å². The monoisotopic (exact) mass is 524 g/mol. The summed E-state index contributed by atoms with van der Waals surface area (Å²) in [6.45, 7) is 4.61. The minimum atomic E-state index is -0.968. The van der Waals surface area contributed by atoms with Gasteiger partial charge in [-0.25, -0.2) is 4.79 Å². The smallest absolute Gasteiger partial charge is 0.407 e. The second-order valence-corrected chi connectivity index (χ2v) is 9.78. The molecule has 0 saturated carbocycles. The molecule has 9 heteroatoms. The van der Waals surface area contributed by atoms with Crippen LogP contribution < -0.4 is 10.2 Å². The maximum absolute atomic E-state index is 12.8. The van der Waals surface area contributed by atoms with Gasteiger partial charge in [-0.2, -0.15) is 5.10 Å². The number of piperazine rings is 1. The minimum Gasteiger partial charge on any atom is -0.465 e. The Labute approximate surface area is 227 Å². The molecule has 0 atom stereocenters. The summed E-state index contributed by atoms with van der Waals surface area (Å²) in [4.78, 5) is 30.6. The van der Waals surface area contributed by atoms with E-state index >= 15 is 0 Å². The van der Waals surface area contributed by atoms with Gasteiger partial charge < -0.3 is 20.2 Å².